The molecule has 2 nitrogen and oxygen atoms in total. The van der Waals surface area contributed by atoms with Gasteiger partial charge in [-0.25, -0.2) is 0 Å². The van der Waals surface area contributed by atoms with E-state index in [0.29, 0.717) is 5.92 Å². The van der Waals surface area contributed by atoms with Crippen molar-refractivity contribution in [2.75, 3.05) is 7.11 Å². The smallest absolute Gasteiger partial charge is 0.309 e. The third-order valence-corrected chi connectivity index (χ3v) is 3.92. The molecule has 0 aliphatic heterocycles. The van der Waals surface area contributed by atoms with Crippen molar-refractivity contribution in [1.82, 2.24) is 0 Å². The van der Waals surface area contributed by atoms with Gasteiger partial charge in [0, 0.05) is 0 Å². The van der Waals surface area contributed by atoms with Crippen LogP contribution in [0.2, 0.25) is 0 Å². The fourth-order valence-corrected chi connectivity index (χ4v) is 3.07. The van der Waals surface area contributed by atoms with Crippen LogP contribution in [0.4, 0.5) is 0 Å². The number of hydrogen-bond acceptors (Lipinski definition) is 2. The summed E-state index contributed by atoms with van der Waals surface area (Å²) in [7, 11) is 1.46. The van der Waals surface area contributed by atoms with Gasteiger partial charge in [0.1, 0.15) is 0 Å². The molecule has 0 rings (SSSR count). The average Bonchev–Trinajstić information content (AvgIpc) is 2.21. The fraction of sp³-hybridized carbons (Fsp3) is 0.909. The SMILES string of the molecule is CCCC(C(=O)OC)C(CCC)C(Br)Br. The van der Waals surface area contributed by atoms with E-state index in [-0.39, 0.29) is 15.6 Å². The molecule has 0 aromatic heterocycles. The van der Waals surface area contributed by atoms with Gasteiger partial charge in [-0.1, -0.05) is 58.5 Å². The van der Waals surface area contributed by atoms with Gasteiger partial charge in [0.15, 0.2) is 0 Å². The highest BCUT2D eigenvalue weighted by Gasteiger charge is 2.31. The third-order valence-electron chi connectivity index (χ3n) is 2.57. The van der Waals surface area contributed by atoms with Gasteiger partial charge in [0.2, 0.25) is 0 Å². The van der Waals surface area contributed by atoms with Crippen LogP contribution < -0.4 is 0 Å². The number of rotatable bonds is 7. The van der Waals surface area contributed by atoms with E-state index in [9.17, 15) is 4.79 Å². The summed E-state index contributed by atoms with van der Waals surface area (Å²) >= 11 is 7.04. The molecule has 0 saturated carbocycles. The van der Waals surface area contributed by atoms with Crippen molar-refractivity contribution in [2.45, 2.75) is 43.3 Å². The second-order valence-corrected chi connectivity index (χ2v) is 6.91. The lowest BCUT2D eigenvalue weighted by atomic mass is 9.87. The first-order chi connectivity index (χ1) is 7.08. The Bertz CT molecular complexity index is 183. The Kier molecular flexibility index (Phi) is 8.81. The maximum absolute atomic E-state index is 11.7. The molecule has 2 atom stereocenters. The lowest BCUT2D eigenvalue weighted by molar-refractivity contribution is -0.147. The Balaban J connectivity index is 4.58. The van der Waals surface area contributed by atoms with Crippen LogP contribution in [0, 0.1) is 11.8 Å². The summed E-state index contributed by atoms with van der Waals surface area (Å²) in [5, 5.41) is 0. The lowest BCUT2D eigenvalue weighted by Crippen LogP contribution is -2.28. The molecule has 0 fully saturated rings. The molecule has 0 aliphatic carbocycles. The van der Waals surface area contributed by atoms with Crippen LogP contribution in [0.25, 0.3) is 0 Å². The Morgan fingerprint density at radius 2 is 1.73 bits per heavy atom. The Labute approximate surface area is 109 Å². The number of hydrogen-bond donors (Lipinski definition) is 0. The number of methoxy groups -OCH3 is 1. The van der Waals surface area contributed by atoms with E-state index in [4.69, 9.17) is 4.74 Å². The molecule has 0 radical (unpaired) electrons. The average molecular weight is 344 g/mol. The minimum atomic E-state index is -0.0841. The molecule has 2 unspecified atom stereocenters. The highest BCUT2D eigenvalue weighted by atomic mass is 79.9. The maximum atomic E-state index is 11.7. The molecule has 4 heteroatoms. The molecule has 0 amide bonds. The van der Waals surface area contributed by atoms with Crippen LogP contribution >= 0.6 is 31.9 Å². The van der Waals surface area contributed by atoms with Crippen molar-refractivity contribution in [3.05, 3.63) is 0 Å². The summed E-state index contributed by atoms with van der Waals surface area (Å²) < 4.78 is 5.04. The standard InChI is InChI=1S/C11H20Br2O2/c1-4-6-8(10(12)13)9(7-5-2)11(14)15-3/h8-10H,4-7H2,1-3H3. The van der Waals surface area contributed by atoms with Crippen LogP contribution in [-0.4, -0.2) is 16.8 Å². The molecular weight excluding hydrogens is 324 g/mol. The number of esters is 1. The summed E-state index contributed by atoms with van der Waals surface area (Å²) in [6.07, 6.45) is 4.01. The molecule has 0 heterocycles. The normalized spacial score (nSPS) is 15.1. The first-order valence-electron chi connectivity index (χ1n) is 5.44. The zero-order valence-electron chi connectivity index (χ0n) is 9.63. The number of carbonyl (C=O) groups excluding carboxylic acids is 1. The predicted molar refractivity (Wildman–Crippen MR) is 70.5 cm³/mol. The van der Waals surface area contributed by atoms with Crippen LogP contribution in [-0.2, 0) is 9.53 Å². The minimum absolute atomic E-state index is 0.00343. The quantitative estimate of drug-likeness (QED) is 0.513. The van der Waals surface area contributed by atoms with E-state index in [1.807, 2.05) is 0 Å². The summed E-state index contributed by atoms with van der Waals surface area (Å²) in [5.41, 5.74) is 0. The molecular formula is C11H20Br2O2. The lowest BCUT2D eigenvalue weighted by Gasteiger charge is -2.25. The summed E-state index contributed by atoms with van der Waals surface area (Å²) in [6, 6.07) is 0. The van der Waals surface area contributed by atoms with E-state index >= 15 is 0 Å². The zero-order chi connectivity index (χ0) is 11.8. The van der Waals surface area contributed by atoms with Crippen LogP contribution in [0.5, 0.6) is 0 Å². The zero-order valence-corrected chi connectivity index (χ0v) is 12.8. The van der Waals surface area contributed by atoms with E-state index in [2.05, 4.69) is 45.7 Å². The topological polar surface area (TPSA) is 26.3 Å². The number of halogens is 2. The van der Waals surface area contributed by atoms with Crippen molar-refractivity contribution in [2.24, 2.45) is 11.8 Å². The molecule has 0 aromatic carbocycles. The Morgan fingerprint density at radius 3 is 2.07 bits per heavy atom. The van der Waals surface area contributed by atoms with E-state index < -0.39 is 0 Å². The highest BCUT2D eigenvalue weighted by molar-refractivity contribution is 9.24. The summed E-state index contributed by atoms with van der Waals surface area (Å²) in [6.45, 7) is 4.23. The Hall–Kier alpha value is 0.430. The summed E-state index contributed by atoms with van der Waals surface area (Å²) in [4.78, 5) is 11.7. The van der Waals surface area contributed by atoms with E-state index in [1.165, 1.54) is 7.11 Å². The third kappa shape index (κ3) is 5.34. The maximum Gasteiger partial charge on any atom is 0.309 e. The van der Waals surface area contributed by atoms with Gasteiger partial charge in [0.05, 0.1) is 16.8 Å². The Morgan fingerprint density at radius 1 is 1.20 bits per heavy atom. The van der Waals surface area contributed by atoms with Crippen LogP contribution in [0.3, 0.4) is 0 Å². The van der Waals surface area contributed by atoms with E-state index in [0.717, 1.165) is 25.7 Å². The van der Waals surface area contributed by atoms with Crippen LogP contribution in [0.15, 0.2) is 0 Å². The second-order valence-electron chi connectivity index (χ2n) is 3.71. The molecule has 15 heavy (non-hydrogen) atoms. The monoisotopic (exact) mass is 342 g/mol. The minimum Gasteiger partial charge on any atom is -0.469 e. The van der Waals surface area contributed by atoms with Crippen molar-refractivity contribution in [1.29, 1.82) is 0 Å². The molecule has 0 N–H and O–H groups in total. The van der Waals surface area contributed by atoms with Gasteiger partial charge in [-0.2, -0.15) is 0 Å². The number of carbonyl (C=O) groups is 1. The molecule has 0 aromatic rings. The second kappa shape index (κ2) is 8.57. The molecule has 90 valence electrons. The van der Waals surface area contributed by atoms with Crippen molar-refractivity contribution >= 4 is 37.8 Å². The molecule has 0 bridgehead atoms. The first-order valence-corrected chi connectivity index (χ1v) is 7.27. The van der Waals surface area contributed by atoms with Gasteiger partial charge in [-0.3, -0.25) is 4.79 Å². The predicted octanol–water partition coefficient (Wildman–Crippen LogP) is 4.11. The molecule has 0 spiro atoms. The van der Waals surface area contributed by atoms with E-state index in [1.54, 1.807) is 0 Å². The van der Waals surface area contributed by atoms with Crippen molar-refractivity contribution in [3.8, 4) is 0 Å². The molecule has 0 aliphatic rings. The number of alkyl halides is 2. The van der Waals surface area contributed by atoms with Gasteiger partial charge in [-0.15, -0.1) is 0 Å². The van der Waals surface area contributed by atoms with Gasteiger partial charge in [-0.05, 0) is 18.8 Å². The van der Waals surface area contributed by atoms with Crippen LogP contribution in [0.1, 0.15) is 39.5 Å². The summed E-state index contributed by atoms with van der Waals surface area (Å²) in [5.74, 6) is 0.227. The number of ether oxygens (including phenoxy) is 1. The molecule has 0 saturated heterocycles. The van der Waals surface area contributed by atoms with Gasteiger partial charge < -0.3 is 4.74 Å². The first kappa shape index (κ1) is 15.4. The van der Waals surface area contributed by atoms with Crippen molar-refractivity contribution < 1.29 is 9.53 Å². The fourth-order valence-electron chi connectivity index (χ4n) is 1.81. The highest BCUT2D eigenvalue weighted by Crippen LogP contribution is 2.33. The van der Waals surface area contributed by atoms with Gasteiger partial charge >= 0.3 is 5.97 Å². The largest absolute Gasteiger partial charge is 0.469 e. The van der Waals surface area contributed by atoms with Crippen molar-refractivity contribution in [3.63, 3.8) is 0 Å². The van der Waals surface area contributed by atoms with Gasteiger partial charge in [0.25, 0.3) is 0 Å².